The van der Waals surface area contributed by atoms with E-state index in [0.29, 0.717) is 16.3 Å². The maximum absolute atomic E-state index is 13.0. The molecule has 0 saturated carbocycles. The first-order chi connectivity index (χ1) is 12.3. The van der Waals surface area contributed by atoms with Crippen molar-refractivity contribution in [1.29, 1.82) is 0 Å². The first-order valence-corrected chi connectivity index (χ1v) is 10.1. The van der Waals surface area contributed by atoms with E-state index in [-0.39, 0.29) is 21.6 Å². The van der Waals surface area contributed by atoms with Gasteiger partial charge in [-0.05, 0) is 32.0 Å². The van der Waals surface area contributed by atoms with Crippen LogP contribution in [-0.2, 0) is 10.0 Å². The van der Waals surface area contributed by atoms with Crippen LogP contribution in [0.5, 0.6) is 0 Å². The highest BCUT2D eigenvalue weighted by Crippen LogP contribution is 2.31. The van der Waals surface area contributed by atoms with Gasteiger partial charge in [-0.15, -0.1) is 0 Å². The third-order valence-electron chi connectivity index (χ3n) is 3.74. The molecular weight excluding hydrogens is 393 g/mol. The molecule has 0 unspecified atom stereocenters. The van der Waals surface area contributed by atoms with Crippen LogP contribution >= 0.6 is 23.2 Å². The lowest BCUT2D eigenvalue weighted by Crippen LogP contribution is -2.13. The van der Waals surface area contributed by atoms with Crippen LogP contribution < -0.4 is 4.72 Å². The molecule has 5 nitrogen and oxygen atoms in total. The van der Waals surface area contributed by atoms with Crippen molar-refractivity contribution < 1.29 is 8.42 Å². The smallest absolute Gasteiger partial charge is 0.265 e. The first-order valence-electron chi connectivity index (χ1n) is 7.90. The van der Waals surface area contributed by atoms with Gasteiger partial charge in [-0.3, -0.25) is 9.40 Å². The van der Waals surface area contributed by atoms with Gasteiger partial charge >= 0.3 is 0 Å². The lowest BCUT2D eigenvalue weighted by Gasteiger charge is -2.10. The zero-order valence-corrected chi connectivity index (χ0v) is 16.5. The third-order valence-corrected chi connectivity index (χ3v) is 5.67. The van der Waals surface area contributed by atoms with E-state index in [1.807, 2.05) is 44.2 Å². The minimum Gasteiger partial charge on any atom is -0.278 e. The topological polar surface area (TPSA) is 64.0 Å². The van der Waals surface area contributed by atoms with Crippen LogP contribution in [0.3, 0.4) is 0 Å². The molecular formula is C18H17Cl2N3O2S. The predicted octanol–water partition coefficient (Wildman–Crippen LogP) is 5.24. The Labute approximate surface area is 162 Å². The normalized spacial score (nSPS) is 11.7. The van der Waals surface area contributed by atoms with Gasteiger partial charge in [0.1, 0.15) is 10.6 Å². The number of benzene rings is 2. The van der Waals surface area contributed by atoms with E-state index in [4.69, 9.17) is 23.2 Å². The van der Waals surface area contributed by atoms with Crippen molar-refractivity contribution in [1.82, 2.24) is 9.78 Å². The standard InChI is InChI=1S/C18H17Cl2N3O2S/c1-12(2)23-11-17(18(21-23)13-6-4-3-5-7-13)26(24,25)22-16-10-14(19)8-9-15(16)20/h3-12,22H,1-2H3. The van der Waals surface area contributed by atoms with Gasteiger partial charge in [0, 0.05) is 22.8 Å². The summed E-state index contributed by atoms with van der Waals surface area (Å²) in [7, 11) is -3.92. The van der Waals surface area contributed by atoms with Crippen LogP contribution in [0.1, 0.15) is 19.9 Å². The lowest BCUT2D eigenvalue weighted by molar-refractivity contribution is 0.532. The molecule has 1 aromatic heterocycles. The second-order valence-electron chi connectivity index (χ2n) is 6.01. The Balaban J connectivity index is 2.11. The van der Waals surface area contributed by atoms with E-state index in [2.05, 4.69) is 9.82 Å². The molecule has 0 spiro atoms. The summed E-state index contributed by atoms with van der Waals surface area (Å²) in [6, 6.07) is 13.8. The van der Waals surface area contributed by atoms with E-state index in [9.17, 15) is 8.42 Å². The first kappa shape index (κ1) is 18.8. The van der Waals surface area contributed by atoms with Crippen LogP contribution in [0.2, 0.25) is 10.0 Å². The lowest BCUT2D eigenvalue weighted by atomic mass is 10.2. The summed E-state index contributed by atoms with van der Waals surface area (Å²) in [5.74, 6) is 0. The summed E-state index contributed by atoms with van der Waals surface area (Å²) in [6.07, 6.45) is 1.52. The number of halogens is 2. The number of aromatic nitrogens is 2. The van der Waals surface area contributed by atoms with Gasteiger partial charge < -0.3 is 0 Å². The molecule has 136 valence electrons. The maximum Gasteiger partial charge on any atom is 0.265 e. The number of rotatable bonds is 5. The summed E-state index contributed by atoms with van der Waals surface area (Å²) in [4.78, 5) is 0.0773. The number of anilines is 1. The Morgan fingerprint density at radius 3 is 2.42 bits per heavy atom. The van der Waals surface area contributed by atoms with Crippen molar-refractivity contribution in [2.24, 2.45) is 0 Å². The van der Waals surface area contributed by atoms with E-state index < -0.39 is 10.0 Å². The highest BCUT2D eigenvalue weighted by Gasteiger charge is 2.25. The molecule has 0 saturated heterocycles. The molecule has 0 bridgehead atoms. The van der Waals surface area contributed by atoms with Crippen molar-refractivity contribution >= 4 is 38.9 Å². The fraction of sp³-hybridized carbons (Fsp3) is 0.167. The number of hydrogen-bond donors (Lipinski definition) is 1. The largest absolute Gasteiger partial charge is 0.278 e. The molecule has 1 N–H and O–H groups in total. The van der Waals surface area contributed by atoms with Gasteiger partial charge in [-0.2, -0.15) is 5.10 Å². The summed E-state index contributed by atoms with van der Waals surface area (Å²) in [6.45, 7) is 3.86. The molecule has 0 fully saturated rings. The van der Waals surface area contributed by atoms with Crippen LogP contribution in [0.25, 0.3) is 11.3 Å². The molecule has 2 aromatic carbocycles. The van der Waals surface area contributed by atoms with Gasteiger partial charge in [-0.1, -0.05) is 53.5 Å². The van der Waals surface area contributed by atoms with Gasteiger partial charge in [0.25, 0.3) is 10.0 Å². The molecule has 0 aliphatic heterocycles. The fourth-order valence-electron chi connectivity index (χ4n) is 2.41. The zero-order valence-electron chi connectivity index (χ0n) is 14.1. The Morgan fingerprint density at radius 1 is 1.08 bits per heavy atom. The molecule has 8 heteroatoms. The zero-order chi connectivity index (χ0) is 18.9. The Bertz CT molecular complexity index is 1030. The maximum atomic E-state index is 13.0. The average molecular weight is 410 g/mol. The molecule has 3 rings (SSSR count). The Morgan fingerprint density at radius 2 is 1.77 bits per heavy atom. The molecule has 0 aliphatic rings. The van der Waals surface area contributed by atoms with Crippen LogP contribution in [0, 0.1) is 0 Å². The molecule has 1 heterocycles. The highest BCUT2D eigenvalue weighted by atomic mass is 35.5. The van der Waals surface area contributed by atoms with Crippen molar-refractivity contribution in [2.75, 3.05) is 4.72 Å². The number of nitrogens with zero attached hydrogens (tertiary/aromatic N) is 2. The SMILES string of the molecule is CC(C)n1cc(S(=O)(=O)Nc2cc(Cl)ccc2Cl)c(-c2ccccc2)n1. The van der Waals surface area contributed by atoms with Gasteiger partial charge in [0.05, 0.1) is 10.7 Å². The minimum absolute atomic E-state index is 0.0103. The Kier molecular flexibility index (Phi) is 5.27. The summed E-state index contributed by atoms with van der Waals surface area (Å²) in [5, 5.41) is 5.11. The average Bonchev–Trinajstić information content (AvgIpc) is 3.05. The minimum atomic E-state index is -3.92. The van der Waals surface area contributed by atoms with Crippen molar-refractivity contribution in [3.8, 4) is 11.3 Å². The highest BCUT2D eigenvalue weighted by molar-refractivity contribution is 7.92. The fourth-order valence-corrected chi connectivity index (χ4v) is 4.03. The van der Waals surface area contributed by atoms with Crippen molar-refractivity contribution in [3.63, 3.8) is 0 Å². The quantitative estimate of drug-likeness (QED) is 0.626. The second-order valence-corrected chi connectivity index (χ2v) is 8.51. The van der Waals surface area contributed by atoms with Crippen molar-refractivity contribution in [3.05, 3.63) is 64.8 Å². The molecule has 0 amide bonds. The van der Waals surface area contributed by atoms with E-state index >= 15 is 0 Å². The molecule has 0 aliphatic carbocycles. The van der Waals surface area contributed by atoms with Gasteiger partial charge in [0.2, 0.25) is 0 Å². The third kappa shape index (κ3) is 3.87. The number of hydrogen-bond acceptors (Lipinski definition) is 3. The van der Waals surface area contributed by atoms with Crippen LogP contribution in [0.15, 0.2) is 59.6 Å². The summed E-state index contributed by atoms with van der Waals surface area (Å²) < 4.78 is 30.2. The van der Waals surface area contributed by atoms with Gasteiger partial charge in [-0.25, -0.2) is 8.42 Å². The molecule has 3 aromatic rings. The monoisotopic (exact) mass is 409 g/mol. The number of sulfonamides is 1. The predicted molar refractivity (Wildman–Crippen MR) is 105 cm³/mol. The van der Waals surface area contributed by atoms with Gasteiger partial charge in [0.15, 0.2) is 0 Å². The second kappa shape index (κ2) is 7.31. The van der Waals surface area contributed by atoms with Crippen molar-refractivity contribution in [2.45, 2.75) is 24.8 Å². The van der Waals surface area contributed by atoms with Crippen LogP contribution in [-0.4, -0.2) is 18.2 Å². The van der Waals surface area contributed by atoms with E-state index in [0.717, 1.165) is 0 Å². The summed E-state index contributed by atoms with van der Waals surface area (Å²) >= 11 is 12.1. The number of nitrogens with one attached hydrogen (secondary N) is 1. The van der Waals surface area contributed by atoms with E-state index in [1.165, 1.54) is 18.3 Å². The molecule has 26 heavy (non-hydrogen) atoms. The Hall–Kier alpha value is -2.02. The molecule has 0 radical (unpaired) electrons. The van der Waals surface area contributed by atoms with E-state index in [1.54, 1.807) is 10.7 Å². The summed E-state index contributed by atoms with van der Waals surface area (Å²) in [5.41, 5.74) is 1.31. The molecule has 0 atom stereocenters. The van der Waals surface area contributed by atoms with Crippen LogP contribution in [0.4, 0.5) is 5.69 Å².